The highest BCUT2D eigenvalue weighted by Gasteiger charge is 2.36. The monoisotopic (exact) mass is 412 g/mol. The Balaban J connectivity index is 1.80. The van der Waals surface area contributed by atoms with E-state index in [9.17, 15) is 19.2 Å². The van der Waals surface area contributed by atoms with E-state index in [-0.39, 0.29) is 19.3 Å². The van der Waals surface area contributed by atoms with Crippen LogP contribution < -0.4 is 5.32 Å². The maximum atomic E-state index is 12.7. The Bertz CT molecular complexity index is 979. The molecule has 8 nitrogen and oxygen atoms in total. The maximum absolute atomic E-state index is 12.7. The van der Waals surface area contributed by atoms with Gasteiger partial charge in [-0.3, -0.25) is 9.59 Å². The van der Waals surface area contributed by atoms with Crippen LogP contribution in [-0.4, -0.2) is 40.6 Å². The van der Waals surface area contributed by atoms with Gasteiger partial charge in [-0.1, -0.05) is 42.5 Å². The molecule has 1 N–H and O–H groups in total. The number of hydrogen-bond acceptors (Lipinski definition) is 6. The van der Waals surface area contributed by atoms with Crippen LogP contribution in [0, 0.1) is 0 Å². The molecule has 1 saturated heterocycles. The number of alkyl carbamates (subject to hydrolysis) is 1. The van der Waals surface area contributed by atoms with Crippen LogP contribution in [0.15, 0.2) is 42.5 Å². The van der Waals surface area contributed by atoms with Gasteiger partial charge in [0.25, 0.3) is 11.8 Å². The molecule has 2 aromatic rings. The predicted octanol–water partition coefficient (Wildman–Crippen LogP) is 2.88. The van der Waals surface area contributed by atoms with Gasteiger partial charge < -0.3 is 14.9 Å². The van der Waals surface area contributed by atoms with Crippen LogP contribution in [0.25, 0.3) is 10.8 Å². The molecule has 1 aliphatic heterocycles. The molecule has 30 heavy (non-hydrogen) atoms. The fourth-order valence-electron chi connectivity index (χ4n) is 3.06. The SMILES string of the molecule is CC(C)(C)OC(=O)N[C@@H](Cc1ccc2ccccc2c1)C(=O)ON1C(=O)CCC1=O. The quantitative estimate of drug-likeness (QED) is 0.758. The largest absolute Gasteiger partial charge is 0.444 e. The fourth-order valence-corrected chi connectivity index (χ4v) is 3.06. The van der Waals surface area contributed by atoms with Gasteiger partial charge in [0.05, 0.1) is 0 Å². The Labute approximate surface area is 174 Å². The van der Waals surface area contributed by atoms with E-state index in [2.05, 4.69) is 5.32 Å². The summed E-state index contributed by atoms with van der Waals surface area (Å²) >= 11 is 0. The number of imide groups is 1. The van der Waals surface area contributed by atoms with Crippen molar-refractivity contribution in [2.24, 2.45) is 0 Å². The van der Waals surface area contributed by atoms with Crippen molar-refractivity contribution in [2.75, 3.05) is 0 Å². The molecule has 1 atom stereocenters. The number of carbonyl (C=O) groups excluding carboxylic acids is 4. The fraction of sp³-hybridized carbons (Fsp3) is 0.364. The summed E-state index contributed by atoms with van der Waals surface area (Å²) < 4.78 is 5.23. The van der Waals surface area contributed by atoms with Crippen molar-refractivity contribution in [2.45, 2.75) is 51.7 Å². The zero-order valence-electron chi connectivity index (χ0n) is 17.1. The van der Waals surface area contributed by atoms with E-state index < -0.39 is 35.5 Å². The molecule has 2 aromatic carbocycles. The van der Waals surface area contributed by atoms with Gasteiger partial charge in [0.15, 0.2) is 0 Å². The first-order valence-corrected chi connectivity index (χ1v) is 9.67. The second-order valence-corrected chi connectivity index (χ2v) is 8.08. The van der Waals surface area contributed by atoms with Crippen LogP contribution in [0.4, 0.5) is 4.79 Å². The molecule has 0 spiro atoms. The van der Waals surface area contributed by atoms with Crippen molar-refractivity contribution in [3.63, 3.8) is 0 Å². The number of nitrogens with zero attached hydrogens (tertiary/aromatic N) is 1. The number of carbonyl (C=O) groups is 4. The van der Waals surface area contributed by atoms with E-state index in [0.29, 0.717) is 5.06 Å². The van der Waals surface area contributed by atoms with Gasteiger partial charge in [0.1, 0.15) is 11.6 Å². The van der Waals surface area contributed by atoms with Crippen LogP contribution in [0.2, 0.25) is 0 Å². The van der Waals surface area contributed by atoms with E-state index in [1.807, 2.05) is 42.5 Å². The minimum atomic E-state index is -1.15. The number of fused-ring (bicyclic) bond motifs is 1. The lowest BCUT2D eigenvalue weighted by Crippen LogP contribution is -2.48. The summed E-state index contributed by atoms with van der Waals surface area (Å²) in [5.41, 5.74) is 0.00771. The minimum absolute atomic E-state index is 0.0129. The lowest BCUT2D eigenvalue weighted by molar-refractivity contribution is -0.198. The molecule has 1 fully saturated rings. The molecule has 158 valence electrons. The number of hydrogen-bond donors (Lipinski definition) is 1. The molecule has 0 bridgehead atoms. The van der Waals surface area contributed by atoms with Gasteiger partial charge in [-0.05, 0) is 37.1 Å². The lowest BCUT2D eigenvalue weighted by atomic mass is 10.0. The van der Waals surface area contributed by atoms with E-state index in [1.54, 1.807) is 20.8 Å². The van der Waals surface area contributed by atoms with Crippen molar-refractivity contribution in [3.05, 3.63) is 48.0 Å². The summed E-state index contributed by atoms with van der Waals surface area (Å²) in [6.07, 6.45) is -0.731. The summed E-state index contributed by atoms with van der Waals surface area (Å²) in [6, 6.07) is 12.2. The van der Waals surface area contributed by atoms with Crippen molar-refractivity contribution >= 4 is 34.6 Å². The van der Waals surface area contributed by atoms with Crippen LogP contribution in [-0.2, 0) is 30.4 Å². The summed E-state index contributed by atoms with van der Waals surface area (Å²) in [5, 5.41) is 4.97. The molecule has 3 amide bonds. The van der Waals surface area contributed by atoms with Gasteiger partial charge in [-0.15, -0.1) is 5.06 Å². The molecule has 0 saturated carbocycles. The Hall–Kier alpha value is -3.42. The number of benzene rings is 2. The van der Waals surface area contributed by atoms with E-state index in [0.717, 1.165) is 16.3 Å². The summed E-state index contributed by atoms with van der Waals surface area (Å²) in [6.45, 7) is 5.10. The second-order valence-electron chi connectivity index (χ2n) is 8.08. The highest BCUT2D eigenvalue weighted by Crippen LogP contribution is 2.18. The molecule has 8 heteroatoms. The topological polar surface area (TPSA) is 102 Å². The first kappa shape index (κ1) is 21.3. The normalized spacial score (nSPS) is 15.2. The number of amides is 3. The minimum Gasteiger partial charge on any atom is -0.444 e. The van der Waals surface area contributed by atoms with Crippen LogP contribution in [0.1, 0.15) is 39.2 Å². The van der Waals surface area contributed by atoms with Gasteiger partial charge in [0.2, 0.25) is 0 Å². The highest BCUT2D eigenvalue weighted by molar-refractivity contribution is 6.02. The zero-order chi connectivity index (χ0) is 21.9. The van der Waals surface area contributed by atoms with Gasteiger partial charge >= 0.3 is 12.1 Å². The average Bonchev–Trinajstić information content (AvgIpc) is 2.98. The number of hydroxylamine groups is 2. The Morgan fingerprint density at radius 2 is 1.67 bits per heavy atom. The summed E-state index contributed by atoms with van der Waals surface area (Å²) in [5.74, 6) is -2.09. The van der Waals surface area contributed by atoms with Gasteiger partial charge in [0, 0.05) is 19.3 Å². The first-order chi connectivity index (χ1) is 14.1. The summed E-state index contributed by atoms with van der Waals surface area (Å²) in [7, 11) is 0. The maximum Gasteiger partial charge on any atom is 0.408 e. The van der Waals surface area contributed by atoms with E-state index >= 15 is 0 Å². The standard InChI is InChI=1S/C22H24N2O6/c1-22(2,3)29-21(28)23-17(20(27)30-24-18(25)10-11-19(24)26)13-14-8-9-15-6-4-5-7-16(15)12-14/h4-9,12,17H,10-11,13H2,1-3H3,(H,23,28)/t17-/m0/s1. The lowest BCUT2D eigenvalue weighted by Gasteiger charge is -2.24. The molecule has 0 aromatic heterocycles. The molecule has 0 unspecified atom stereocenters. The summed E-state index contributed by atoms with van der Waals surface area (Å²) in [4.78, 5) is 53.5. The van der Waals surface area contributed by atoms with Crippen molar-refractivity contribution < 1.29 is 28.8 Å². The van der Waals surface area contributed by atoms with Crippen molar-refractivity contribution in [1.29, 1.82) is 0 Å². The average molecular weight is 412 g/mol. The number of ether oxygens (including phenoxy) is 1. The third kappa shape index (κ3) is 5.34. The first-order valence-electron chi connectivity index (χ1n) is 9.67. The van der Waals surface area contributed by atoms with Crippen LogP contribution >= 0.6 is 0 Å². The number of nitrogens with one attached hydrogen (secondary N) is 1. The smallest absolute Gasteiger partial charge is 0.408 e. The molecule has 1 aliphatic rings. The Kier molecular flexibility index (Phi) is 6.05. The molecule has 0 radical (unpaired) electrons. The van der Waals surface area contributed by atoms with Gasteiger partial charge in [-0.25, -0.2) is 9.59 Å². The second kappa shape index (κ2) is 8.52. The number of rotatable bonds is 5. The third-order valence-electron chi connectivity index (χ3n) is 4.42. The van der Waals surface area contributed by atoms with Crippen LogP contribution in [0.3, 0.4) is 0 Å². The van der Waals surface area contributed by atoms with Crippen LogP contribution in [0.5, 0.6) is 0 Å². The molecule has 3 rings (SSSR count). The Morgan fingerprint density at radius 1 is 1.03 bits per heavy atom. The van der Waals surface area contributed by atoms with Crippen molar-refractivity contribution in [1.82, 2.24) is 10.4 Å². The molecular weight excluding hydrogens is 388 g/mol. The predicted molar refractivity (Wildman–Crippen MR) is 108 cm³/mol. The van der Waals surface area contributed by atoms with Gasteiger partial charge in [-0.2, -0.15) is 0 Å². The van der Waals surface area contributed by atoms with E-state index in [1.165, 1.54) is 0 Å². The Morgan fingerprint density at radius 3 is 2.30 bits per heavy atom. The third-order valence-corrected chi connectivity index (χ3v) is 4.42. The van der Waals surface area contributed by atoms with E-state index in [4.69, 9.17) is 9.57 Å². The zero-order valence-corrected chi connectivity index (χ0v) is 17.1. The molecular formula is C22H24N2O6. The molecule has 0 aliphatic carbocycles. The highest BCUT2D eigenvalue weighted by atomic mass is 16.7. The van der Waals surface area contributed by atoms with Crippen molar-refractivity contribution in [3.8, 4) is 0 Å². The molecule has 1 heterocycles.